The Morgan fingerprint density at radius 2 is 1.69 bits per heavy atom. The van der Waals surface area contributed by atoms with Crippen molar-refractivity contribution >= 4 is 35.1 Å². The summed E-state index contributed by atoms with van der Waals surface area (Å²) in [5.74, 6) is -1.64. The summed E-state index contributed by atoms with van der Waals surface area (Å²) >= 11 is 12.1. The number of nitrogens with zero attached hydrogens (tertiary/aromatic N) is 1. The van der Waals surface area contributed by atoms with Crippen LogP contribution in [-0.2, 0) is 0 Å². The summed E-state index contributed by atoms with van der Waals surface area (Å²) in [5.41, 5.74) is -0.0350. The van der Waals surface area contributed by atoms with Gasteiger partial charge in [0.2, 0.25) is 0 Å². The van der Waals surface area contributed by atoms with Gasteiger partial charge in [-0.3, -0.25) is 4.79 Å². The summed E-state index contributed by atoms with van der Waals surface area (Å²) in [6, 6.07) is 7.79. The minimum absolute atomic E-state index is 0.0322. The molecule has 1 aliphatic carbocycles. The Kier molecular flexibility index (Phi) is 6.77. The molecule has 154 valence electrons. The van der Waals surface area contributed by atoms with Crippen LogP contribution in [0.4, 0.5) is 0 Å². The molecule has 1 saturated carbocycles. The number of aromatic carboxylic acids is 1. The van der Waals surface area contributed by atoms with Crippen molar-refractivity contribution in [3.63, 3.8) is 0 Å². The molecule has 0 atom stereocenters. The molecule has 1 aromatic carbocycles. The van der Waals surface area contributed by atoms with Crippen LogP contribution in [0.1, 0.15) is 59.4 Å². The number of benzene rings is 1. The van der Waals surface area contributed by atoms with E-state index in [1.165, 1.54) is 6.07 Å². The summed E-state index contributed by atoms with van der Waals surface area (Å²) < 4.78 is 0. The van der Waals surface area contributed by atoms with Crippen LogP contribution < -0.4 is 5.32 Å². The standard InChI is InChI=1S/C21H22Cl2N2O4/c22-15-6-5-13(17-8-7-16(23)18(25-17)20(27)28)11-14(15)19(26)24-12-21(29)9-3-1-2-4-10-21/h5-8,11,29H,1-4,9-10,12H2,(H,24,26)(H,27,28). The Hall–Kier alpha value is -2.15. The Morgan fingerprint density at radius 1 is 1.03 bits per heavy atom. The SMILES string of the molecule is O=C(NCC1(O)CCCCCC1)c1cc(-c2ccc(Cl)c(C(=O)O)n2)ccc1Cl. The maximum absolute atomic E-state index is 12.7. The Balaban J connectivity index is 1.81. The second-order valence-corrected chi connectivity index (χ2v) is 8.16. The molecule has 8 heteroatoms. The molecule has 3 rings (SSSR count). The summed E-state index contributed by atoms with van der Waals surface area (Å²) in [6.07, 6.45) is 5.39. The van der Waals surface area contributed by atoms with Crippen molar-refractivity contribution in [1.82, 2.24) is 10.3 Å². The second kappa shape index (κ2) is 9.11. The van der Waals surface area contributed by atoms with Crippen LogP contribution >= 0.6 is 23.2 Å². The van der Waals surface area contributed by atoms with Crippen molar-refractivity contribution in [2.24, 2.45) is 0 Å². The van der Waals surface area contributed by atoms with E-state index in [0.717, 1.165) is 25.7 Å². The fraction of sp³-hybridized carbons (Fsp3) is 0.381. The Morgan fingerprint density at radius 3 is 2.34 bits per heavy atom. The minimum Gasteiger partial charge on any atom is -0.476 e. The Bertz CT molecular complexity index is 925. The van der Waals surface area contributed by atoms with E-state index in [-0.39, 0.29) is 27.8 Å². The van der Waals surface area contributed by atoms with E-state index in [1.807, 2.05) is 0 Å². The van der Waals surface area contributed by atoms with Crippen molar-refractivity contribution in [2.45, 2.75) is 44.1 Å². The number of halogens is 2. The van der Waals surface area contributed by atoms with Gasteiger partial charge in [-0.1, -0.05) is 55.0 Å². The molecule has 0 radical (unpaired) electrons. The zero-order chi connectivity index (χ0) is 21.0. The maximum Gasteiger partial charge on any atom is 0.356 e. The lowest BCUT2D eigenvalue weighted by Gasteiger charge is -2.26. The summed E-state index contributed by atoms with van der Waals surface area (Å²) in [7, 11) is 0. The molecule has 29 heavy (non-hydrogen) atoms. The van der Waals surface area contributed by atoms with Gasteiger partial charge in [0.25, 0.3) is 5.91 Å². The molecule has 0 spiro atoms. The smallest absolute Gasteiger partial charge is 0.356 e. The zero-order valence-corrected chi connectivity index (χ0v) is 17.3. The lowest BCUT2D eigenvalue weighted by molar-refractivity contribution is 0.0246. The van der Waals surface area contributed by atoms with E-state index in [2.05, 4.69) is 10.3 Å². The molecule has 0 bridgehead atoms. The van der Waals surface area contributed by atoms with Crippen LogP contribution in [0.15, 0.2) is 30.3 Å². The number of amides is 1. The molecule has 1 fully saturated rings. The quantitative estimate of drug-likeness (QED) is 0.596. The molecule has 1 aliphatic rings. The molecule has 3 N–H and O–H groups in total. The van der Waals surface area contributed by atoms with Gasteiger partial charge in [-0.15, -0.1) is 0 Å². The predicted molar refractivity (Wildman–Crippen MR) is 112 cm³/mol. The first-order valence-corrected chi connectivity index (χ1v) is 10.2. The van der Waals surface area contributed by atoms with Crippen molar-refractivity contribution in [2.75, 3.05) is 6.54 Å². The second-order valence-electron chi connectivity index (χ2n) is 7.35. The third-order valence-corrected chi connectivity index (χ3v) is 5.80. The monoisotopic (exact) mass is 436 g/mol. The predicted octanol–water partition coefficient (Wildman–Crippen LogP) is 4.57. The van der Waals surface area contributed by atoms with Crippen molar-refractivity contribution in [3.8, 4) is 11.3 Å². The number of rotatable bonds is 5. The van der Waals surface area contributed by atoms with Gasteiger partial charge < -0.3 is 15.5 Å². The number of carboxylic acids is 1. The first kappa shape index (κ1) is 21.6. The fourth-order valence-electron chi connectivity index (χ4n) is 3.51. The highest BCUT2D eigenvalue weighted by molar-refractivity contribution is 6.34. The van der Waals surface area contributed by atoms with Crippen molar-refractivity contribution < 1.29 is 19.8 Å². The lowest BCUT2D eigenvalue weighted by atomic mass is 9.94. The van der Waals surface area contributed by atoms with Crippen LogP contribution in [0.3, 0.4) is 0 Å². The maximum atomic E-state index is 12.7. The largest absolute Gasteiger partial charge is 0.476 e. The Labute approximate surface area is 178 Å². The molecule has 0 saturated heterocycles. The van der Waals surface area contributed by atoms with E-state index in [4.69, 9.17) is 23.2 Å². The number of pyridine rings is 1. The van der Waals surface area contributed by atoms with E-state index in [9.17, 15) is 19.8 Å². The van der Waals surface area contributed by atoms with Gasteiger partial charge in [0.15, 0.2) is 5.69 Å². The third kappa shape index (κ3) is 5.26. The summed E-state index contributed by atoms with van der Waals surface area (Å²) in [5, 5.41) is 23.0. The number of carbonyl (C=O) groups is 2. The molecular weight excluding hydrogens is 415 g/mol. The zero-order valence-electron chi connectivity index (χ0n) is 15.8. The van der Waals surface area contributed by atoms with Gasteiger partial charge in [-0.25, -0.2) is 9.78 Å². The minimum atomic E-state index is -1.24. The van der Waals surface area contributed by atoms with Gasteiger partial charge in [0.1, 0.15) is 0 Å². The van der Waals surface area contributed by atoms with E-state index >= 15 is 0 Å². The highest BCUT2D eigenvalue weighted by atomic mass is 35.5. The van der Waals surface area contributed by atoms with Crippen LogP contribution in [-0.4, -0.2) is 39.2 Å². The van der Waals surface area contributed by atoms with E-state index in [0.29, 0.717) is 24.1 Å². The molecular formula is C21H22Cl2N2O4. The first-order valence-electron chi connectivity index (χ1n) is 9.49. The van der Waals surface area contributed by atoms with Crippen LogP contribution in [0, 0.1) is 0 Å². The van der Waals surface area contributed by atoms with Gasteiger partial charge in [-0.05, 0) is 37.1 Å². The number of carbonyl (C=O) groups excluding carboxylic acids is 1. The van der Waals surface area contributed by atoms with Crippen molar-refractivity contribution in [1.29, 1.82) is 0 Å². The van der Waals surface area contributed by atoms with Crippen LogP contribution in [0.5, 0.6) is 0 Å². The number of aromatic nitrogens is 1. The lowest BCUT2D eigenvalue weighted by Crippen LogP contribution is -2.42. The van der Waals surface area contributed by atoms with Gasteiger partial charge in [0.05, 0.1) is 26.9 Å². The van der Waals surface area contributed by atoms with Gasteiger partial charge >= 0.3 is 5.97 Å². The highest BCUT2D eigenvalue weighted by Crippen LogP contribution is 2.28. The topological polar surface area (TPSA) is 99.5 Å². The number of nitrogens with one attached hydrogen (secondary N) is 1. The average molecular weight is 437 g/mol. The highest BCUT2D eigenvalue weighted by Gasteiger charge is 2.28. The molecule has 1 heterocycles. The van der Waals surface area contributed by atoms with Crippen LogP contribution in [0.2, 0.25) is 10.0 Å². The van der Waals surface area contributed by atoms with Gasteiger partial charge in [-0.2, -0.15) is 0 Å². The average Bonchev–Trinajstić information content (AvgIpc) is 2.92. The summed E-state index contributed by atoms with van der Waals surface area (Å²) in [4.78, 5) is 28.0. The summed E-state index contributed by atoms with van der Waals surface area (Å²) in [6.45, 7) is 0.161. The molecule has 0 unspecified atom stereocenters. The van der Waals surface area contributed by atoms with Gasteiger partial charge in [0, 0.05) is 12.1 Å². The normalized spacial score (nSPS) is 16.1. The first-order chi connectivity index (χ1) is 13.8. The number of hydrogen-bond donors (Lipinski definition) is 3. The molecule has 6 nitrogen and oxygen atoms in total. The number of aliphatic hydroxyl groups is 1. The third-order valence-electron chi connectivity index (χ3n) is 5.17. The molecule has 1 aromatic heterocycles. The molecule has 0 aliphatic heterocycles. The van der Waals surface area contributed by atoms with Crippen LogP contribution in [0.25, 0.3) is 11.3 Å². The number of carboxylic acid groups (broad SMARTS) is 1. The van der Waals surface area contributed by atoms with E-state index in [1.54, 1.807) is 24.3 Å². The number of hydrogen-bond acceptors (Lipinski definition) is 4. The fourth-order valence-corrected chi connectivity index (χ4v) is 3.90. The molecule has 1 amide bonds. The van der Waals surface area contributed by atoms with E-state index < -0.39 is 17.5 Å². The van der Waals surface area contributed by atoms with Crippen molar-refractivity contribution in [3.05, 3.63) is 51.6 Å². The molecule has 2 aromatic rings.